The van der Waals surface area contributed by atoms with E-state index in [1.54, 1.807) is 6.07 Å². The molecular formula is C15H21NO4S. The van der Waals surface area contributed by atoms with Crippen LogP contribution in [0.5, 0.6) is 5.75 Å². The lowest BCUT2D eigenvalue weighted by Crippen LogP contribution is -2.37. The van der Waals surface area contributed by atoms with Crippen LogP contribution in [0.3, 0.4) is 0 Å². The molecule has 1 aliphatic heterocycles. The largest absolute Gasteiger partial charge is 0.486 e. The number of nitro groups is 1. The molecule has 1 saturated heterocycles. The minimum absolute atomic E-state index is 0.0360. The molecule has 2 rings (SSSR count). The third-order valence-electron chi connectivity index (χ3n) is 4.01. The van der Waals surface area contributed by atoms with Crippen LogP contribution in [0.25, 0.3) is 0 Å². The van der Waals surface area contributed by atoms with E-state index in [1.807, 2.05) is 19.9 Å². The van der Waals surface area contributed by atoms with Gasteiger partial charge >= 0.3 is 5.69 Å². The van der Waals surface area contributed by atoms with E-state index in [0.29, 0.717) is 31.3 Å². The molecule has 1 fully saturated rings. The first-order chi connectivity index (χ1) is 9.97. The van der Waals surface area contributed by atoms with Gasteiger partial charge in [-0.05, 0) is 43.6 Å². The predicted molar refractivity (Wildman–Crippen MR) is 84.4 cm³/mol. The normalized spacial score (nSPS) is 17.5. The molecule has 0 aromatic heterocycles. The van der Waals surface area contributed by atoms with Crippen molar-refractivity contribution in [1.29, 1.82) is 0 Å². The fraction of sp³-hybridized carbons (Fsp3) is 0.600. The van der Waals surface area contributed by atoms with Crippen LogP contribution in [0.4, 0.5) is 5.69 Å². The molecule has 0 radical (unpaired) electrons. The van der Waals surface area contributed by atoms with Crippen molar-refractivity contribution in [1.82, 2.24) is 0 Å². The Hall–Kier alpha value is -1.27. The lowest BCUT2D eigenvalue weighted by molar-refractivity contribution is -0.386. The molecule has 6 heteroatoms. The maximum atomic E-state index is 11.2. The SMILES string of the molecule is Cc1cc(C)c(OCC2(CS)CCOCC2)c([N+](=O)[O-])c1. The highest BCUT2D eigenvalue weighted by molar-refractivity contribution is 7.80. The number of aryl methyl sites for hydroxylation is 2. The molecule has 1 heterocycles. The second kappa shape index (κ2) is 6.66. The average Bonchev–Trinajstić information content (AvgIpc) is 2.46. The molecule has 0 spiro atoms. The molecule has 0 aliphatic carbocycles. The van der Waals surface area contributed by atoms with Crippen molar-refractivity contribution in [3.8, 4) is 5.75 Å². The topological polar surface area (TPSA) is 61.6 Å². The minimum atomic E-state index is -0.382. The van der Waals surface area contributed by atoms with Crippen molar-refractivity contribution in [2.75, 3.05) is 25.6 Å². The first kappa shape index (κ1) is 16.1. The fourth-order valence-electron chi connectivity index (χ4n) is 2.63. The summed E-state index contributed by atoms with van der Waals surface area (Å²) in [6, 6.07) is 3.46. The van der Waals surface area contributed by atoms with E-state index in [2.05, 4.69) is 12.6 Å². The van der Waals surface area contributed by atoms with Crippen LogP contribution in [0.2, 0.25) is 0 Å². The Bertz CT molecular complexity index is 527. The molecule has 1 aromatic rings. The summed E-state index contributed by atoms with van der Waals surface area (Å²) in [7, 11) is 0. The molecule has 1 aromatic carbocycles. The van der Waals surface area contributed by atoms with Gasteiger partial charge in [-0.3, -0.25) is 10.1 Å². The van der Waals surface area contributed by atoms with E-state index in [1.165, 1.54) is 0 Å². The van der Waals surface area contributed by atoms with Gasteiger partial charge in [-0.25, -0.2) is 0 Å². The zero-order chi connectivity index (χ0) is 15.5. The van der Waals surface area contributed by atoms with Crippen LogP contribution in [-0.4, -0.2) is 30.5 Å². The van der Waals surface area contributed by atoms with Crippen LogP contribution in [-0.2, 0) is 4.74 Å². The van der Waals surface area contributed by atoms with Crippen molar-refractivity contribution >= 4 is 18.3 Å². The second-order valence-corrected chi connectivity index (χ2v) is 6.06. The van der Waals surface area contributed by atoms with E-state index in [0.717, 1.165) is 24.0 Å². The van der Waals surface area contributed by atoms with Gasteiger partial charge in [0.05, 0.1) is 11.5 Å². The molecule has 116 valence electrons. The number of rotatable bonds is 5. The second-order valence-electron chi connectivity index (χ2n) is 5.75. The van der Waals surface area contributed by atoms with Gasteiger partial charge < -0.3 is 9.47 Å². The van der Waals surface area contributed by atoms with Crippen molar-refractivity contribution in [3.05, 3.63) is 33.4 Å². The van der Waals surface area contributed by atoms with Gasteiger partial charge in [0.2, 0.25) is 0 Å². The Morgan fingerprint density at radius 3 is 2.62 bits per heavy atom. The predicted octanol–water partition coefficient (Wildman–Crippen LogP) is 3.32. The van der Waals surface area contributed by atoms with Crippen LogP contribution in [0.15, 0.2) is 12.1 Å². The van der Waals surface area contributed by atoms with E-state index in [-0.39, 0.29) is 16.0 Å². The molecule has 21 heavy (non-hydrogen) atoms. The van der Waals surface area contributed by atoms with Gasteiger partial charge in [0.15, 0.2) is 5.75 Å². The third-order valence-corrected chi connectivity index (χ3v) is 4.68. The standard InChI is InChI=1S/C15H21NO4S/c1-11-7-12(2)14(13(8-11)16(17)18)20-9-15(10-21)3-5-19-6-4-15/h7-8,21H,3-6,9-10H2,1-2H3. The Morgan fingerprint density at radius 2 is 2.05 bits per heavy atom. The molecule has 0 N–H and O–H groups in total. The van der Waals surface area contributed by atoms with Gasteiger partial charge in [0.1, 0.15) is 0 Å². The molecule has 1 aliphatic rings. The van der Waals surface area contributed by atoms with E-state index in [9.17, 15) is 10.1 Å². The maximum absolute atomic E-state index is 11.2. The first-order valence-corrected chi connectivity index (χ1v) is 7.68. The quantitative estimate of drug-likeness (QED) is 0.515. The summed E-state index contributed by atoms with van der Waals surface area (Å²) in [6.45, 7) is 5.51. The fourth-order valence-corrected chi connectivity index (χ4v) is 3.04. The van der Waals surface area contributed by atoms with Crippen LogP contribution < -0.4 is 4.74 Å². The third kappa shape index (κ3) is 3.68. The van der Waals surface area contributed by atoms with Gasteiger partial charge in [0, 0.05) is 24.7 Å². The summed E-state index contributed by atoms with van der Waals surface area (Å²) in [5.74, 6) is 1.06. The minimum Gasteiger partial charge on any atom is -0.486 e. The summed E-state index contributed by atoms with van der Waals surface area (Å²) in [5.41, 5.74) is 1.63. The highest BCUT2D eigenvalue weighted by atomic mass is 32.1. The molecule has 0 unspecified atom stereocenters. The van der Waals surface area contributed by atoms with Gasteiger partial charge in [-0.2, -0.15) is 12.6 Å². The zero-order valence-electron chi connectivity index (χ0n) is 12.4. The number of nitrogens with zero attached hydrogens (tertiary/aromatic N) is 1. The number of hydrogen-bond acceptors (Lipinski definition) is 5. The van der Waals surface area contributed by atoms with Gasteiger partial charge in [-0.15, -0.1) is 0 Å². The molecule has 0 saturated carbocycles. The Kier molecular flexibility index (Phi) is 5.11. The Morgan fingerprint density at radius 1 is 1.38 bits per heavy atom. The summed E-state index contributed by atoms with van der Waals surface area (Å²) in [6.07, 6.45) is 1.74. The molecule has 0 atom stereocenters. The van der Waals surface area contributed by atoms with Crippen molar-refractivity contribution < 1.29 is 14.4 Å². The average molecular weight is 311 g/mol. The first-order valence-electron chi connectivity index (χ1n) is 7.04. The Labute approximate surface area is 130 Å². The van der Waals surface area contributed by atoms with Crippen molar-refractivity contribution in [3.63, 3.8) is 0 Å². The van der Waals surface area contributed by atoms with E-state index in [4.69, 9.17) is 9.47 Å². The van der Waals surface area contributed by atoms with Crippen molar-refractivity contribution in [2.24, 2.45) is 5.41 Å². The van der Waals surface area contributed by atoms with E-state index < -0.39 is 0 Å². The summed E-state index contributed by atoms with van der Waals surface area (Å²) >= 11 is 4.44. The molecule has 0 amide bonds. The van der Waals surface area contributed by atoms with Crippen LogP contribution in [0, 0.1) is 29.4 Å². The number of hydrogen-bond donors (Lipinski definition) is 1. The summed E-state index contributed by atoms with van der Waals surface area (Å²) in [5, 5.41) is 11.2. The number of nitro benzene ring substituents is 1. The smallest absolute Gasteiger partial charge is 0.311 e. The number of ether oxygens (including phenoxy) is 2. The van der Waals surface area contributed by atoms with Crippen LogP contribution >= 0.6 is 12.6 Å². The Balaban J connectivity index is 2.21. The lowest BCUT2D eigenvalue weighted by atomic mass is 9.83. The lowest BCUT2D eigenvalue weighted by Gasteiger charge is -2.35. The maximum Gasteiger partial charge on any atom is 0.311 e. The highest BCUT2D eigenvalue weighted by Gasteiger charge is 2.33. The van der Waals surface area contributed by atoms with Gasteiger partial charge in [0.25, 0.3) is 0 Å². The summed E-state index contributed by atoms with van der Waals surface area (Å²) < 4.78 is 11.3. The monoisotopic (exact) mass is 311 g/mol. The number of benzene rings is 1. The van der Waals surface area contributed by atoms with Crippen LogP contribution in [0.1, 0.15) is 24.0 Å². The zero-order valence-corrected chi connectivity index (χ0v) is 13.3. The van der Waals surface area contributed by atoms with Crippen molar-refractivity contribution in [2.45, 2.75) is 26.7 Å². The van der Waals surface area contributed by atoms with E-state index >= 15 is 0 Å². The van der Waals surface area contributed by atoms with Gasteiger partial charge in [-0.1, -0.05) is 6.07 Å². The number of thiol groups is 1. The molecule has 0 bridgehead atoms. The highest BCUT2D eigenvalue weighted by Crippen LogP contribution is 2.36. The molecule has 5 nitrogen and oxygen atoms in total. The molecular weight excluding hydrogens is 290 g/mol. The summed E-state index contributed by atoms with van der Waals surface area (Å²) in [4.78, 5) is 10.8.